The molecule has 0 bridgehead atoms. The van der Waals surface area contributed by atoms with Crippen LogP contribution in [0.1, 0.15) is 30.9 Å². The highest BCUT2D eigenvalue weighted by Gasteiger charge is 2.34. The van der Waals surface area contributed by atoms with E-state index in [1.54, 1.807) is 6.07 Å². The van der Waals surface area contributed by atoms with Crippen molar-refractivity contribution in [2.24, 2.45) is 11.7 Å². The minimum atomic E-state index is -4.34. The number of hydrogen-bond acceptors (Lipinski definition) is 2. The molecule has 19 heavy (non-hydrogen) atoms. The fourth-order valence-corrected chi connectivity index (χ4v) is 2.23. The van der Waals surface area contributed by atoms with Gasteiger partial charge in [0.1, 0.15) is 0 Å². The molecular formula is C14H19F3N2. The van der Waals surface area contributed by atoms with Crippen molar-refractivity contribution in [3.8, 4) is 0 Å². The maximum absolute atomic E-state index is 13.0. The zero-order chi connectivity index (χ0) is 14.0. The number of alkyl halides is 3. The van der Waals surface area contributed by atoms with Gasteiger partial charge in [-0.1, -0.05) is 6.07 Å². The van der Waals surface area contributed by atoms with E-state index in [4.69, 9.17) is 5.73 Å². The molecule has 0 unspecified atom stereocenters. The standard InChI is InChI=1S/C14H19F3N2/c1-2-19(9-10-3-4-10)12-6-5-11(8-18)13(7-12)14(15,16)17/h5-7,10H,2-4,8-9,18H2,1H3. The van der Waals surface area contributed by atoms with E-state index >= 15 is 0 Å². The Balaban J connectivity index is 2.29. The van der Waals surface area contributed by atoms with E-state index in [1.807, 2.05) is 11.8 Å². The van der Waals surface area contributed by atoms with E-state index in [-0.39, 0.29) is 12.1 Å². The van der Waals surface area contributed by atoms with Crippen LogP contribution in [0.4, 0.5) is 18.9 Å². The molecule has 5 heteroatoms. The lowest BCUT2D eigenvalue weighted by Crippen LogP contribution is -2.26. The first-order valence-electron chi connectivity index (χ1n) is 6.60. The fourth-order valence-electron chi connectivity index (χ4n) is 2.23. The molecule has 0 atom stereocenters. The number of benzene rings is 1. The SMILES string of the molecule is CCN(CC1CC1)c1ccc(CN)c(C(F)(F)F)c1. The van der Waals surface area contributed by atoms with Gasteiger partial charge < -0.3 is 10.6 Å². The average molecular weight is 272 g/mol. The fraction of sp³-hybridized carbons (Fsp3) is 0.571. The molecule has 0 radical (unpaired) electrons. The molecule has 0 aromatic heterocycles. The second kappa shape index (κ2) is 5.41. The van der Waals surface area contributed by atoms with Crippen LogP contribution in [0.15, 0.2) is 18.2 Å². The lowest BCUT2D eigenvalue weighted by atomic mass is 10.1. The molecule has 1 saturated carbocycles. The van der Waals surface area contributed by atoms with Crippen molar-refractivity contribution in [2.75, 3.05) is 18.0 Å². The number of anilines is 1. The van der Waals surface area contributed by atoms with Crippen LogP contribution in [0.25, 0.3) is 0 Å². The summed E-state index contributed by atoms with van der Waals surface area (Å²) in [4.78, 5) is 2.01. The van der Waals surface area contributed by atoms with Crippen LogP contribution in [0.5, 0.6) is 0 Å². The van der Waals surface area contributed by atoms with Crippen molar-refractivity contribution in [1.29, 1.82) is 0 Å². The maximum Gasteiger partial charge on any atom is 0.416 e. The van der Waals surface area contributed by atoms with Crippen LogP contribution in [0, 0.1) is 5.92 Å². The van der Waals surface area contributed by atoms with Gasteiger partial charge in [0.05, 0.1) is 5.56 Å². The zero-order valence-electron chi connectivity index (χ0n) is 11.0. The Bertz CT molecular complexity index is 439. The van der Waals surface area contributed by atoms with Crippen LogP contribution in [-0.4, -0.2) is 13.1 Å². The molecule has 2 nitrogen and oxygen atoms in total. The molecule has 0 heterocycles. The van der Waals surface area contributed by atoms with Gasteiger partial charge in [-0.15, -0.1) is 0 Å². The molecular weight excluding hydrogens is 253 g/mol. The van der Waals surface area contributed by atoms with E-state index in [0.29, 0.717) is 11.6 Å². The van der Waals surface area contributed by atoms with Crippen molar-refractivity contribution in [2.45, 2.75) is 32.5 Å². The van der Waals surface area contributed by atoms with E-state index in [9.17, 15) is 13.2 Å². The largest absolute Gasteiger partial charge is 0.416 e. The van der Waals surface area contributed by atoms with Crippen LogP contribution in [0.2, 0.25) is 0 Å². The third-order valence-corrected chi connectivity index (χ3v) is 3.54. The lowest BCUT2D eigenvalue weighted by Gasteiger charge is -2.25. The number of nitrogens with two attached hydrogens (primary N) is 1. The Kier molecular flexibility index (Phi) is 4.04. The van der Waals surface area contributed by atoms with Gasteiger partial charge in [0.2, 0.25) is 0 Å². The predicted molar refractivity (Wildman–Crippen MR) is 69.9 cm³/mol. The number of halogens is 3. The highest BCUT2D eigenvalue weighted by Crippen LogP contribution is 2.36. The first kappa shape index (κ1) is 14.2. The van der Waals surface area contributed by atoms with Gasteiger partial charge in [-0.05, 0) is 43.4 Å². The highest BCUT2D eigenvalue weighted by atomic mass is 19.4. The second-order valence-corrected chi connectivity index (χ2v) is 5.03. The first-order chi connectivity index (χ1) is 8.95. The summed E-state index contributed by atoms with van der Waals surface area (Å²) in [5, 5.41) is 0. The molecule has 0 aliphatic heterocycles. The Morgan fingerprint density at radius 1 is 1.32 bits per heavy atom. The molecule has 1 fully saturated rings. The zero-order valence-corrected chi connectivity index (χ0v) is 11.0. The normalized spacial score (nSPS) is 15.6. The number of nitrogens with zero attached hydrogens (tertiary/aromatic N) is 1. The second-order valence-electron chi connectivity index (χ2n) is 5.03. The Morgan fingerprint density at radius 2 is 2.00 bits per heavy atom. The van der Waals surface area contributed by atoms with Gasteiger partial charge in [-0.25, -0.2) is 0 Å². The van der Waals surface area contributed by atoms with Crippen molar-refractivity contribution in [3.05, 3.63) is 29.3 Å². The van der Waals surface area contributed by atoms with Crippen LogP contribution in [0.3, 0.4) is 0 Å². The molecule has 1 aromatic rings. The van der Waals surface area contributed by atoms with Crippen LogP contribution in [-0.2, 0) is 12.7 Å². The Morgan fingerprint density at radius 3 is 2.47 bits per heavy atom. The molecule has 1 aliphatic rings. The quantitative estimate of drug-likeness (QED) is 0.890. The van der Waals surface area contributed by atoms with Crippen molar-refractivity contribution in [1.82, 2.24) is 0 Å². The summed E-state index contributed by atoms with van der Waals surface area (Å²) in [7, 11) is 0. The van der Waals surface area contributed by atoms with Crippen LogP contribution < -0.4 is 10.6 Å². The van der Waals surface area contributed by atoms with Gasteiger partial charge in [0, 0.05) is 25.3 Å². The van der Waals surface area contributed by atoms with Crippen molar-refractivity contribution < 1.29 is 13.2 Å². The summed E-state index contributed by atoms with van der Waals surface area (Å²) in [6, 6.07) is 4.46. The molecule has 106 valence electrons. The summed E-state index contributed by atoms with van der Waals surface area (Å²) in [5.41, 5.74) is 5.56. The smallest absolute Gasteiger partial charge is 0.372 e. The third-order valence-electron chi connectivity index (χ3n) is 3.54. The average Bonchev–Trinajstić information content (AvgIpc) is 3.18. The maximum atomic E-state index is 13.0. The van der Waals surface area contributed by atoms with Gasteiger partial charge in [-0.2, -0.15) is 13.2 Å². The van der Waals surface area contributed by atoms with Crippen LogP contribution >= 0.6 is 0 Å². The summed E-state index contributed by atoms with van der Waals surface area (Å²) in [5.74, 6) is 0.642. The summed E-state index contributed by atoms with van der Waals surface area (Å²) in [6.45, 7) is 3.43. The van der Waals surface area contributed by atoms with Gasteiger partial charge >= 0.3 is 6.18 Å². The minimum absolute atomic E-state index is 0.0934. The molecule has 0 saturated heterocycles. The molecule has 2 rings (SSSR count). The van der Waals surface area contributed by atoms with Crippen molar-refractivity contribution in [3.63, 3.8) is 0 Å². The summed E-state index contributed by atoms with van der Waals surface area (Å²) < 4.78 is 39.0. The molecule has 1 aromatic carbocycles. The number of hydrogen-bond donors (Lipinski definition) is 1. The van der Waals surface area contributed by atoms with E-state index in [1.165, 1.54) is 25.0 Å². The monoisotopic (exact) mass is 272 g/mol. The van der Waals surface area contributed by atoms with Crippen molar-refractivity contribution >= 4 is 5.69 Å². The summed E-state index contributed by atoms with van der Waals surface area (Å²) >= 11 is 0. The highest BCUT2D eigenvalue weighted by molar-refractivity contribution is 5.52. The van der Waals surface area contributed by atoms with E-state index < -0.39 is 11.7 Å². The van der Waals surface area contributed by atoms with Gasteiger partial charge in [0.15, 0.2) is 0 Å². The van der Waals surface area contributed by atoms with Gasteiger partial charge in [0.25, 0.3) is 0 Å². The Labute approximate surface area is 111 Å². The Hall–Kier alpha value is -1.23. The van der Waals surface area contributed by atoms with E-state index in [2.05, 4.69) is 0 Å². The topological polar surface area (TPSA) is 29.3 Å². The molecule has 0 amide bonds. The predicted octanol–water partition coefficient (Wildman–Crippen LogP) is 3.40. The van der Waals surface area contributed by atoms with Gasteiger partial charge in [-0.3, -0.25) is 0 Å². The number of rotatable bonds is 5. The summed E-state index contributed by atoms with van der Waals surface area (Å²) in [6.07, 6.45) is -1.98. The lowest BCUT2D eigenvalue weighted by molar-refractivity contribution is -0.138. The molecule has 1 aliphatic carbocycles. The third kappa shape index (κ3) is 3.41. The van der Waals surface area contributed by atoms with E-state index in [0.717, 1.165) is 13.1 Å². The molecule has 0 spiro atoms. The minimum Gasteiger partial charge on any atom is -0.372 e. The first-order valence-corrected chi connectivity index (χ1v) is 6.60. The molecule has 2 N–H and O–H groups in total.